The van der Waals surface area contributed by atoms with Crippen LogP contribution in [0.1, 0.15) is 31.7 Å². The fourth-order valence-electron chi connectivity index (χ4n) is 3.31. The minimum atomic E-state index is -0.980. The van der Waals surface area contributed by atoms with E-state index in [0.29, 0.717) is 18.7 Å². The molecule has 1 atom stereocenters. The van der Waals surface area contributed by atoms with Gasteiger partial charge in [0.2, 0.25) is 0 Å². The summed E-state index contributed by atoms with van der Waals surface area (Å²) in [5, 5.41) is 26.8. The zero-order chi connectivity index (χ0) is 17.8. The SMILES string of the molecule is CCn1cc(-c2cccc(/C(=N/O)[C@@H]3CCCCN3C(=O)O)c2)cn1. The lowest BCUT2D eigenvalue weighted by molar-refractivity contribution is 0.123. The molecule has 1 amide bonds. The van der Waals surface area contributed by atoms with E-state index in [1.54, 1.807) is 6.20 Å². The van der Waals surface area contributed by atoms with E-state index in [1.807, 2.05) is 42.1 Å². The summed E-state index contributed by atoms with van der Waals surface area (Å²) >= 11 is 0. The van der Waals surface area contributed by atoms with Gasteiger partial charge in [-0.2, -0.15) is 5.10 Å². The molecule has 0 unspecified atom stereocenters. The van der Waals surface area contributed by atoms with Gasteiger partial charge in [-0.3, -0.25) is 9.58 Å². The molecule has 1 aromatic heterocycles. The first-order valence-electron chi connectivity index (χ1n) is 8.48. The molecule has 1 aromatic carbocycles. The molecule has 1 aliphatic rings. The van der Waals surface area contributed by atoms with Crippen molar-refractivity contribution in [3.8, 4) is 11.1 Å². The molecule has 7 heteroatoms. The summed E-state index contributed by atoms with van der Waals surface area (Å²) in [7, 11) is 0. The Balaban J connectivity index is 1.93. The number of nitrogens with zero attached hydrogens (tertiary/aromatic N) is 4. The number of benzene rings is 1. The van der Waals surface area contributed by atoms with E-state index in [9.17, 15) is 15.1 Å². The van der Waals surface area contributed by atoms with Gasteiger partial charge in [-0.15, -0.1) is 0 Å². The van der Waals surface area contributed by atoms with Crippen LogP contribution in [-0.2, 0) is 6.54 Å². The van der Waals surface area contributed by atoms with Crippen LogP contribution in [0.4, 0.5) is 4.79 Å². The second kappa shape index (κ2) is 7.38. The van der Waals surface area contributed by atoms with E-state index in [-0.39, 0.29) is 0 Å². The average molecular weight is 342 g/mol. The van der Waals surface area contributed by atoms with Crippen molar-refractivity contribution in [1.29, 1.82) is 0 Å². The highest BCUT2D eigenvalue weighted by atomic mass is 16.4. The van der Waals surface area contributed by atoms with Crippen molar-refractivity contribution in [1.82, 2.24) is 14.7 Å². The molecule has 0 aliphatic carbocycles. The number of oxime groups is 1. The molecule has 1 aliphatic heterocycles. The summed E-state index contributed by atoms with van der Waals surface area (Å²) in [5.41, 5.74) is 3.05. The number of carboxylic acid groups (broad SMARTS) is 1. The van der Waals surface area contributed by atoms with Crippen molar-refractivity contribution >= 4 is 11.8 Å². The van der Waals surface area contributed by atoms with E-state index in [1.165, 1.54) is 4.90 Å². The summed E-state index contributed by atoms with van der Waals surface area (Å²) in [4.78, 5) is 12.9. The van der Waals surface area contributed by atoms with Crippen LogP contribution in [0.3, 0.4) is 0 Å². The van der Waals surface area contributed by atoms with Crippen LogP contribution in [0.15, 0.2) is 41.8 Å². The molecule has 0 radical (unpaired) electrons. The van der Waals surface area contributed by atoms with Crippen LogP contribution >= 0.6 is 0 Å². The fourth-order valence-corrected chi connectivity index (χ4v) is 3.31. The Morgan fingerprint density at radius 3 is 2.88 bits per heavy atom. The maximum atomic E-state index is 11.5. The highest BCUT2D eigenvalue weighted by Gasteiger charge is 2.31. The molecule has 1 saturated heterocycles. The van der Waals surface area contributed by atoms with Crippen LogP contribution in [-0.4, -0.2) is 49.4 Å². The third-order valence-electron chi connectivity index (χ3n) is 4.62. The van der Waals surface area contributed by atoms with Gasteiger partial charge in [0.1, 0.15) is 5.71 Å². The lowest BCUT2D eigenvalue weighted by Crippen LogP contribution is -2.47. The van der Waals surface area contributed by atoms with E-state index in [2.05, 4.69) is 10.3 Å². The summed E-state index contributed by atoms with van der Waals surface area (Å²) < 4.78 is 1.84. The first-order valence-corrected chi connectivity index (χ1v) is 8.48. The van der Waals surface area contributed by atoms with Crippen LogP contribution in [0, 0.1) is 0 Å². The van der Waals surface area contributed by atoms with Gasteiger partial charge in [0, 0.05) is 30.4 Å². The van der Waals surface area contributed by atoms with Crippen LogP contribution < -0.4 is 0 Å². The maximum absolute atomic E-state index is 11.5. The highest BCUT2D eigenvalue weighted by Crippen LogP contribution is 2.25. The number of rotatable bonds is 4. The van der Waals surface area contributed by atoms with Crippen LogP contribution in [0.5, 0.6) is 0 Å². The Labute approximate surface area is 146 Å². The van der Waals surface area contributed by atoms with E-state index in [0.717, 1.165) is 36.1 Å². The van der Waals surface area contributed by atoms with E-state index < -0.39 is 12.1 Å². The zero-order valence-electron chi connectivity index (χ0n) is 14.2. The van der Waals surface area contributed by atoms with Crippen LogP contribution in [0.25, 0.3) is 11.1 Å². The van der Waals surface area contributed by atoms with E-state index in [4.69, 9.17) is 0 Å². The van der Waals surface area contributed by atoms with Gasteiger partial charge >= 0.3 is 6.09 Å². The molecule has 7 nitrogen and oxygen atoms in total. The molecule has 1 fully saturated rings. The van der Waals surface area contributed by atoms with Gasteiger partial charge in [-0.1, -0.05) is 23.4 Å². The van der Waals surface area contributed by atoms with Crippen molar-refractivity contribution < 1.29 is 15.1 Å². The van der Waals surface area contributed by atoms with Gasteiger partial charge in [0.25, 0.3) is 0 Å². The molecule has 2 N–H and O–H groups in total. The van der Waals surface area contributed by atoms with Crippen molar-refractivity contribution in [3.05, 3.63) is 42.2 Å². The number of aromatic nitrogens is 2. The molecular weight excluding hydrogens is 320 g/mol. The molecule has 0 spiro atoms. The Morgan fingerprint density at radius 2 is 2.20 bits per heavy atom. The fraction of sp³-hybridized carbons (Fsp3) is 0.389. The first-order chi connectivity index (χ1) is 12.1. The van der Waals surface area contributed by atoms with Gasteiger partial charge < -0.3 is 10.3 Å². The number of amides is 1. The average Bonchev–Trinajstić information content (AvgIpc) is 3.12. The Bertz CT molecular complexity index is 784. The quantitative estimate of drug-likeness (QED) is 0.507. The Hall–Kier alpha value is -2.83. The lowest BCUT2D eigenvalue weighted by atomic mass is 9.92. The zero-order valence-corrected chi connectivity index (χ0v) is 14.2. The summed E-state index contributed by atoms with van der Waals surface area (Å²) in [6.45, 7) is 3.27. The molecule has 3 rings (SSSR count). The highest BCUT2D eigenvalue weighted by molar-refractivity contribution is 6.06. The molecule has 2 aromatic rings. The van der Waals surface area contributed by atoms with Gasteiger partial charge in [-0.25, -0.2) is 4.79 Å². The molecule has 132 valence electrons. The third-order valence-corrected chi connectivity index (χ3v) is 4.62. The normalized spacial score (nSPS) is 18.4. The standard InChI is InChI=1S/C18H22N4O3/c1-2-21-12-15(11-19-21)13-6-5-7-14(10-13)17(20-25)16-8-3-4-9-22(16)18(23)24/h5-7,10-12,16,25H,2-4,8-9H2,1H3,(H,23,24)/b20-17-/t16-/m0/s1. The molecule has 0 saturated carbocycles. The predicted octanol–water partition coefficient (Wildman–Crippen LogP) is 3.28. The number of piperidine rings is 1. The Kier molecular flexibility index (Phi) is 5.02. The van der Waals surface area contributed by atoms with Gasteiger partial charge in [-0.05, 0) is 37.8 Å². The topological polar surface area (TPSA) is 91.0 Å². The van der Waals surface area contributed by atoms with Crippen LogP contribution in [0.2, 0.25) is 0 Å². The summed E-state index contributed by atoms with van der Waals surface area (Å²) in [6, 6.07) is 7.18. The van der Waals surface area contributed by atoms with Gasteiger partial charge in [0.15, 0.2) is 0 Å². The van der Waals surface area contributed by atoms with Crippen molar-refractivity contribution in [3.63, 3.8) is 0 Å². The largest absolute Gasteiger partial charge is 0.465 e. The molecular formula is C18H22N4O3. The van der Waals surface area contributed by atoms with Crippen molar-refractivity contribution in [2.24, 2.45) is 5.16 Å². The number of aryl methyl sites for hydroxylation is 1. The second-order valence-electron chi connectivity index (χ2n) is 6.14. The summed E-state index contributed by atoms with van der Waals surface area (Å²) in [5.74, 6) is 0. The van der Waals surface area contributed by atoms with Gasteiger partial charge in [0.05, 0.1) is 12.2 Å². The Morgan fingerprint density at radius 1 is 1.36 bits per heavy atom. The summed E-state index contributed by atoms with van der Waals surface area (Å²) in [6.07, 6.45) is 5.17. The van der Waals surface area contributed by atoms with Crippen molar-refractivity contribution in [2.75, 3.05) is 6.54 Å². The number of carbonyl (C=O) groups is 1. The monoisotopic (exact) mass is 342 g/mol. The van der Waals surface area contributed by atoms with Crippen molar-refractivity contribution in [2.45, 2.75) is 38.8 Å². The number of likely N-dealkylation sites (tertiary alicyclic amines) is 1. The second-order valence-corrected chi connectivity index (χ2v) is 6.14. The lowest BCUT2D eigenvalue weighted by Gasteiger charge is -2.33. The smallest absolute Gasteiger partial charge is 0.407 e. The predicted molar refractivity (Wildman–Crippen MR) is 94.0 cm³/mol. The molecule has 25 heavy (non-hydrogen) atoms. The minimum Gasteiger partial charge on any atom is -0.465 e. The third kappa shape index (κ3) is 3.50. The van der Waals surface area contributed by atoms with E-state index >= 15 is 0 Å². The molecule has 2 heterocycles. The first kappa shape index (κ1) is 17.0. The number of hydrogen-bond acceptors (Lipinski definition) is 4. The number of hydrogen-bond donors (Lipinski definition) is 2. The molecule has 0 bridgehead atoms. The minimum absolute atomic E-state index is 0.395. The maximum Gasteiger partial charge on any atom is 0.407 e.